The summed E-state index contributed by atoms with van der Waals surface area (Å²) >= 11 is 0. The molecule has 0 saturated carbocycles. The van der Waals surface area contributed by atoms with Crippen LogP contribution in [0.4, 0.5) is 0 Å². The highest BCUT2D eigenvalue weighted by Gasteiger charge is 2.42. The molecule has 12 nitrogen and oxygen atoms in total. The number of hydrogen-bond donors (Lipinski definition) is 10. The van der Waals surface area contributed by atoms with Crippen LogP contribution in [0.15, 0.2) is 0 Å². The van der Waals surface area contributed by atoms with E-state index in [-0.39, 0.29) is 6.29 Å². The first-order valence-corrected chi connectivity index (χ1v) is 6.89. The van der Waals surface area contributed by atoms with Crippen molar-refractivity contribution >= 4 is 6.29 Å². The van der Waals surface area contributed by atoms with Crippen molar-refractivity contribution in [3.8, 4) is 0 Å². The minimum atomic E-state index is -1.79. The van der Waals surface area contributed by atoms with Crippen LogP contribution in [0.25, 0.3) is 0 Å². The second-order valence-electron chi connectivity index (χ2n) is 5.08. The predicted octanol–water partition coefficient (Wildman–Crippen LogP) is -6.60. The summed E-state index contributed by atoms with van der Waals surface area (Å²) in [5, 5.41) is 88.2. The molecule has 1 rings (SSSR count). The lowest BCUT2D eigenvalue weighted by Gasteiger charge is -2.37. The molecule has 1 aliphatic heterocycles. The Morgan fingerprint density at radius 1 is 0.875 bits per heavy atom. The molecule has 10 N–H and O–H groups in total. The summed E-state index contributed by atoms with van der Waals surface area (Å²) in [5.41, 5.74) is 0. The van der Waals surface area contributed by atoms with Crippen molar-refractivity contribution < 1.29 is 60.6 Å². The minimum absolute atomic E-state index is 0.0258. The van der Waals surface area contributed by atoms with E-state index in [1.54, 1.807) is 0 Å². The van der Waals surface area contributed by atoms with Crippen molar-refractivity contribution in [1.82, 2.24) is 0 Å². The molecular formula is C12H24O12. The summed E-state index contributed by atoms with van der Waals surface area (Å²) in [6.07, 6.45) is -13.9. The summed E-state index contributed by atoms with van der Waals surface area (Å²) in [5.74, 6) is 0. The van der Waals surface area contributed by atoms with Gasteiger partial charge in [0.15, 0.2) is 12.6 Å². The molecule has 0 aromatic rings. The normalized spacial score (nSPS) is 35.2. The number of aliphatic hydroxyl groups excluding tert-OH is 10. The van der Waals surface area contributed by atoms with Crippen LogP contribution < -0.4 is 0 Å². The maximum Gasteiger partial charge on any atom is 0.184 e. The fourth-order valence-corrected chi connectivity index (χ4v) is 1.70. The zero-order valence-corrected chi connectivity index (χ0v) is 12.5. The summed E-state index contributed by atoms with van der Waals surface area (Å²) in [4.78, 5) is 9.90. The molecule has 1 fully saturated rings. The highest BCUT2D eigenvalue weighted by molar-refractivity contribution is 5.56. The van der Waals surface area contributed by atoms with Gasteiger partial charge in [0.2, 0.25) is 0 Å². The van der Waals surface area contributed by atoms with E-state index in [0.717, 1.165) is 0 Å². The van der Waals surface area contributed by atoms with Crippen molar-refractivity contribution in [3.63, 3.8) is 0 Å². The standard InChI is InChI=1S/2C6H12O6/c7-1-2-3(8)4(9)5(10)6(11)12-2;7-1-3(9)5(11)6(12)4(10)2-8/h2-11H,1H2;1,3-6,8-12H,2H2/t2-,3-,4+,5-,6+;3-,4+,5+,6+/m10/s1. The fraction of sp³-hybridized carbons (Fsp3) is 0.917. The van der Waals surface area contributed by atoms with Crippen molar-refractivity contribution in [2.75, 3.05) is 13.2 Å². The zero-order chi connectivity index (χ0) is 19.0. The zero-order valence-electron chi connectivity index (χ0n) is 12.5. The first-order chi connectivity index (χ1) is 11.1. The Balaban J connectivity index is 0.000000441. The summed E-state index contributed by atoms with van der Waals surface area (Å²) in [6, 6.07) is 0. The topological polar surface area (TPSA) is 229 Å². The van der Waals surface area contributed by atoms with Crippen LogP contribution in [-0.2, 0) is 9.53 Å². The molecule has 0 spiro atoms. The average molecular weight is 360 g/mol. The molecule has 1 aliphatic rings. The Hall–Kier alpha value is -0.770. The molecule has 0 aliphatic carbocycles. The van der Waals surface area contributed by atoms with Gasteiger partial charge in [-0.25, -0.2) is 0 Å². The molecule has 24 heavy (non-hydrogen) atoms. The highest BCUT2D eigenvalue weighted by Crippen LogP contribution is 2.19. The van der Waals surface area contributed by atoms with E-state index in [2.05, 4.69) is 4.74 Å². The monoisotopic (exact) mass is 360 g/mol. The summed E-state index contributed by atoms with van der Waals surface area (Å²) in [7, 11) is 0. The second-order valence-corrected chi connectivity index (χ2v) is 5.08. The van der Waals surface area contributed by atoms with Gasteiger partial charge >= 0.3 is 0 Å². The molecule has 0 radical (unpaired) electrons. The van der Waals surface area contributed by atoms with Gasteiger partial charge in [-0.3, -0.25) is 0 Å². The molecule has 9 atom stereocenters. The maximum atomic E-state index is 9.90. The minimum Gasteiger partial charge on any atom is -0.394 e. The number of rotatable bonds is 6. The largest absolute Gasteiger partial charge is 0.394 e. The lowest BCUT2D eigenvalue weighted by Crippen LogP contribution is -2.58. The highest BCUT2D eigenvalue weighted by atomic mass is 16.6. The number of ether oxygens (including phenoxy) is 1. The first kappa shape index (κ1) is 23.2. The molecule has 12 heteroatoms. The Morgan fingerprint density at radius 3 is 1.83 bits per heavy atom. The lowest BCUT2D eigenvalue weighted by atomic mass is 10.00. The van der Waals surface area contributed by atoms with Crippen molar-refractivity contribution in [2.45, 2.75) is 55.1 Å². The van der Waals surface area contributed by atoms with E-state index in [9.17, 15) is 4.79 Å². The Morgan fingerprint density at radius 2 is 1.42 bits per heavy atom. The molecule has 1 saturated heterocycles. The van der Waals surface area contributed by atoms with Crippen LogP contribution in [0, 0.1) is 0 Å². The Bertz CT molecular complexity index is 350. The van der Waals surface area contributed by atoms with E-state index in [1.165, 1.54) is 0 Å². The number of aldehydes is 1. The molecule has 0 amide bonds. The third-order valence-corrected chi connectivity index (χ3v) is 3.29. The maximum absolute atomic E-state index is 9.90. The van der Waals surface area contributed by atoms with Gasteiger partial charge in [-0.05, 0) is 0 Å². The van der Waals surface area contributed by atoms with Gasteiger partial charge in [0.05, 0.1) is 13.2 Å². The van der Waals surface area contributed by atoms with Crippen molar-refractivity contribution in [2.24, 2.45) is 0 Å². The Kier molecular flexibility index (Phi) is 10.6. The second kappa shape index (κ2) is 11.0. The fourth-order valence-electron chi connectivity index (χ4n) is 1.70. The van der Waals surface area contributed by atoms with E-state index in [0.29, 0.717) is 0 Å². The van der Waals surface area contributed by atoms with Crippen molar-refractivity contribution in [3.05, 3.63) is 0 Å². The molecule has 0 aromatic carbocycles. The first-order valence-electron chi connectivity index (χ1n) is 6.89. The van der Waals surface area contributed by atoms with Crippen LogP contribution >= 0.6 is 0 Å². The summed E-state index contributed by atoms with van der Waals surface area (Å²) in [6.45, 7) is -1.29. The molecule has 0 unspecified atom stereocenters. The molecule has 0 aromatic heterocycles. The van der Waals surface area contributed by atoms with Gasteiger partial charge in [0.1, 0.15) is 48.8 Å². The number of aliphatic hydroxyl groups is 10. The SMILES string of the molecule is O=C[C@H](O)[C@@H](O)[C@H](O)[C@H](O)CO.OC[C@H]1O[C@H](O)[C@H](O)[C@@H](O)[C@@H]1O. The van der Waals surface area contributed by atoms with E-state index >= 15 is 0 Å². The van der Waals surface area contributed by atoms with Crippen LogP contribution in [0.2, 0.25) is 0 Å². The predicted molar refractivity (Wildman–Crippen MR) is 73.2 cm³/mol. The quantitative estimate of drug-likeness (QED) is 0.199. The molecule has 1 heterocycles. The third kappa shape index (κ3) is 6.27. The molecule has 0 bridgehead atoms. The van der Waals surface area contributed by atoms with Crippen LogP contribution in [0.5, 0.6) is 0 Å². The summed E-state index contributed by atoms with van der Waals surface area (Å²) < 4.78 is 4.58. The van der Waals surface area contributed by atoms with Gasteiger partial charge in [-0.1, -0.05) is 0 Å². The van der Waals surface area contributed by atoms with Crippen LogP contribution in [0.1, 0.15) is 0 Å². The van der Waals surface area contributed by atoms with E-state index in [1.807, 2.05) is 0 Å². The average Bonchev–Trinajstić information content (AvgIpc) is 2.60. The number of carbonyl (C=O) groups excluding carboxylic acids is 1. The van der Waals surface area contributed by atoms with Gasteiger partial charge in [-0.15, -0.1) is 0 Å². The Labute approximate surface area is 136 Å². The smallest absolute Gasteiger partial charge is 0.184 e. The lowest BCUT2D eigenvalue weighted by molar-refractivity contribution is -0.286. The van der Waals surface area contributed by atoms with Gasteiger partial charge in [0.25, 0.3) is 0 Å². The van der Waals surface area contributed by atoms with Crippen molar-refractivity contribution in [1.29, 1.82) is 0 Å². The van der Waals surface area contributed by atoms with Gasteiger partial charge in [-0.2, -0.15) is 0 Å². The van der Waals surface area contributed by atoms with Crippen LogP contribution in [-0.4, -0.2) is 126 Å². The van der Waals surface area contributed by atoms with Gasteiger partial charge < -0.3 is 60.6 Å². The van der Waals surface area contributed by atoms with E-state index in [4.69, 9.17) is 51.1 Å². The van der Waals surface area contributed by atoms with Gasteiger partial charge in [0, 0.05) is 0 Å². The molecular weight excluding hydrogens is 336 g/mol. The van der Waals surface area contributed by atoms with E-state index < -0.39 is 68.3 Å². The van der Waals surface area contributed by atoms with Crippen LogP contribution in [0.3, 0.4) is 0 Å². The molecule has 144 valence electrons. The number of hydrogen-bond acceptors (Lipinski definition) is 12. The third-order valence-electron chi connectivity index (χ3n) is 3.29. The number of carbonyl (C=O) groups is 1.